The molecule has 0 amide bonds. The fourth-order valence-corrected chi connectivity index (χ4v) is 3.78. The molecule has 2 aromatic rings. The molecule has 0 saturated carbocycles. The summed E-state index contributed by atoms with van der Waals surface area (Å²) in [5.41, 5.74) is -0.634. The minimum absolute atomic E-state index is 0.0479. The van der Waals surface area contributed by atoms with Crippen molar-refractivity contribution in [2.24, 2.45) is 0 Å². The Morgan fingerprint density at radius 2 is 1.81 bits per heavy atom. The van der Waals surface area contributed by atoms with Crippen LogP contribution in [0.3, 0.4) is 0 Å². The number of rotatable bonds is 7. The first-order valence-electron chi connectivity index (χ1n) is 8.13. The zero-order chi connectivity index (χ0) is 19.7. The molecule has 0 N–H and O–H groups in total. The Morgan fingerprint density at radius 1 is 1.15 bits per heavy atom. The Bertz CT molecular complexity index is 897. The highest BCUT2D eigenvalue weighted by Gasteiger charge is 2.37. The van der Waals surface area contributed by atoms with Crippen molar-refractivity contribution >= 4 is 15.7 Å². The van der Waals surface area contributed by atoms with E-state index in [-0.39, 0.29) is 18.3 Å². The molecule has 3 rings (SSSR count). The van der Waals surface area contributed by atoms with Crippen LogP contribution in [0.15, 0.2) is 48.5 Å². The van der Waals surface area contributed by atoms with Gasteiger partial charge in [-0.2, -0.15) is 13.2 Å². The smallest absolute Gasteiger partial charge is 0.419 e. The average Bonchev–Trinajstić information content (AvgIpc) is 3.44. The molecular formula is C18H18F3NO4S. The van der Waals surface area contributed by atoms with Gasteiger partial charge in [-0.3, -0.25) is 4.31 Å². The predicted molar refractivity (Wildman–Crippen MR) is 94.1 cm³/mol. The van der Waals surface area contributed by atoms with Crippen molar-refractivity contribution in [1.29, 1.82) is 0 Å². The average molecular weight is 401 g/mol. The first kappa shape index (κ1) is 19.5. The van der Waals surface area contributed by atoms with E-state index in [4.69, 9.17) is 9.47 Å². The lowest BCUT2D eigenvalue weighted by molar-refractivity contribution is -0.139. The largest absolute Gasteiger partial charge is 0.490 e. The number of nitrogens with zero attached hydrogens (tertiary/aromatic N) is 1. The van der Waals surface area contributed by atoms with Gasteiger partial charge < -0.3 is 9.47 Å². The first-order valence-corrected chi connectivity index (χ1v) is 9.74. The summed E-state index contributed by atoms with van der Waals surface area (Å²) in [5.74, 6) is -1.09. The lowest BCUT2D eigenvalue weighted by Crippen LogP contribution is -2.28. The molecule has 9 heteroatoms. The highest BCUT2D eigenvalue weighted by molar-refractivity contribution is 7.92. The van der Waals surface area contributed by atoms with Crippen molar-refractivity contribution in [3.8, 4) is 5.75 Å². The van der Waals surface area contributed by atoms with Crippen molar-refractivity contribution in [2.75, 3.05) is 24.6 Å². The topological polar surface area (TPSA) is 59.1 Å². The van der Waals surface area contributed by atoms with Crippen molar-refractivity contribution in [3.63, 3.8) is 0 Å². The van der Waals surface area contributed by atoms with Crippen LogP contribution in [0.2, 0.25) is 0 Å². The number of benzene rings is 2. The second-order valence-corrected chi connectivity index (χ2v) is 8.12. The van der Waals surface area contributed by atoms with Crippen LogP contribution in [0, 0.1) is 0 Å². The maximum absolute atomic E-state index is 13.4. The molecule has 1 fully saturated rings. The number of halogens is 3. The van der Waals surface area contributed by atoms with E-state index in [0.717, 1.165) is 10.4 Å². The molecule has 5 nitrogen and oxygen atoms in total. The highest BCUT2D eigenvalue weighted by atomic mass is 32.2. The summed E-state index contributed by atoms with van der Waals surface area (Å²) < 4.78 is 76.8. The van der Waals surface area contributed by atoms with Gasteiger partial charge in [0.05, 0.1) is 23.6 Å². The number of epoxide rings is 1. The zero-order valence-corrected chi connectivity index (χ0v) is 15.3. The van der Waals surface area contributed by atoms with E-state index in [0.29, 0.717) is 12.3 Å². The van der Waals surface area contributed by atoms with Crippen LogP contribution in [0.5, 0.6) is 5.75 Å². The summed E-state index contributed by atoms with van der Waals surface area (Å²) in [5, 5.41) is 0. The van der Waals surface area contributed by atoms with Crippen LogP contribution >= 0.6 is 0 Å². The number of anilines is 1. The Labute approximate surface area is 155 Å². The van der Waals surface area contributed by atoms with E-state index in [2.05, 4.69) is 0 Å². The van der Waals surface area contributed by atoms with Crippen LogP contribution in [0.4, 0.5) is 18.9 Å². The fourth-order valence-electron chi connectivity index (χ4n) is 2.52. The van der Waals surface area contributed by atoms with Gasteiger partial charge >= 0.3 is 6.18 Å². The summed E-state index contributed by atoms with van der Waals surface area (Å²) in [4.78, 5) is 0. The number of hydrogen-bond donors (Lipinski definition) is 0. The Balaban J connectivity index is 1.92. The van der Waals surface area contributed by atoms with Crippen molar-refractivity contribution in [3.05, 3.63) is 59.7 Å². The Morgan fingerprint density at radius 3 is 2.41 bits per heavy atom. The highest BCUT2D eigenvalue weighted by Crippen LogP contribution is 2.39. The molecule has 1 saturated heterocycles. The molecule has 1 atom stereocenters. The Hall–Kier alpha value is -2.26. The number of alkyl halides is 3. The second kappa shape index (κ2) is 7.40. The summed E-state index contributed by atoms with van der Waals surface area (Å²) in [6.45, 7) is 0.354. The van der Waals surface area contributed by atoms with Crippen molar-refractivity contribution < 1.29 is 31.1 Å². The number of ether oxygens (including phenoxy) is 2. The summed E-state index contributed by atoms with van der Waals surface area (Å²) in [6.07, 6.45) is -4.92. The van der Waals surface area contributed by atoms with E-state index in [1.54, 1.807) is 30.3 Å². The molecule has 0 aliphatic carbocycles. The molecule has 1 unspecified atom stereocenters. The van der Waals surface area contributed by atoms with Crippen LogP contribution in [-0.2, 0) is 26.7 Å². The molecular weight excluding hydrogens is 383 g/mol. The maximum Gasteiger partial charge on any atom is 0.419 e. The summed E-state index contributed by atoms with van der Waals surface area (Å²) >= 11 is 0. The van der Waals surface area contributed by atoms with Crippen LogP contribution < -0.4 is 9.04 Å². The first-order chi connectivity index (χ1) is 12.7. The van der Waals surface area contributed by atoms with Gasteiger partial charge in [-0.15, -0.1) is 0 Å². The van der Waals surface area contributed by atoms with Gasteiger partial charge in [-0.1, -0.05) is 30.3 Å². The third-order valence-electron chi connectivity index (χ3n) is 4.09. The zero-order valence-electron chi connectivity index (χ0n) is 14.4. The van der Waals surface area contributed by atoms with Gasteiger partial charge in [0, 0.05) is 12.6 Å². The minimum atomic E-state index is -4.66. The van der Waals surface area contributed by atoms with Crippen LogP contribution in [0.25, 0.3) is 0 Å². The standard InChI is InChI=1S/C18H18F3NO4S/c1-22(14-7-3-2-4-8-14)27(23,24)12-13-6-5-9-16(18(19,20)21)17(13)26-11-15-10-25-15/h2-9,15H,10-12H2,1H3. The fraction of sp³-hybridized carbons (Fsp3) is 0.333. The lowest BCUT2D eigenvalue weighted by atomic mass is 10.1. The van der Waals surface area contributed by atoms with Gasteiger partial charge in [0.1, 0.15) is 18.5 Å². The molecule has 27 heavy (non-hydrogen) atoms. The quantitative estimate of drug-likeness (QED) is 0.667. The predicted octanol–water partition coefficient (Wildman–Crippen LogP) is 3.45. The molecule has 0 bridgehead atoms. The molecule has 0 spiro atoms. The van der Waals surface area contributed by atoms with Gasteiger partial charge in [-0.05, 0) is 18.2 Å². The van der Waals surface area contributed by atoms with Gasteiger partial charge in [0.15, 0.2) is 0 Å². The molecule has 0 radical (unpaired) electrons. The van der Waals surface area contributed by atoms with E-state index in [1.165, 1.54) is 19.2 Å². The molecule has 1 aliphatic heterocycles. The number of hydrogen-bond acceptors (Lipinski definition) is 4. The summed E-state index contributed by atoms with van der Waals surface area (Å²) in [7, 11) is -2.56. The number of sulfonamides is 1. The maximum atomic E-state index is 13.4. The van der Waals surface area contributed by atoms with Gasteiger partial charge in [-0.25, -0.2) is 8.42 Å². The minimum Gasteiger partial charge on any atom is -0.490 e. The number of para-hydroxylation sites is 2. The third-order valence-corrected chi connectivity index (χ3v) is 5.81. The Kier molecular flexibility index (Phi) is 5.34. The molecule has 0 aromatic heterocycles. The van der Waals surface area contributed by atoms with Crippen molar-refractivity contribution in [2.45, 2.75) is 18.0 Å². The monoisotopic (exact) mass is 401 g/mol. The summed E-state index contributed by atoms with van der Waals surface area (Å²) in [6, 6.07) is 11.7. The van der Waals surface area contributed by atoms with Gasteiger partial charge in [0.2, 0.25) is 10.0 Å². The van der Waals surface area contributed by atoms with E-state index >= 15 is 0 Å². The lowest BCUT2D eigenvalue weighted by Gasteiger charge is -2.22. The SMILES string of the molecule is CN(c1ccccc1)S(=O)(=O)Cc1cccc(C(F)(F)F)c1OCC1CO1. The van der Waals surface area contributed by atoms with Crippen LogP contribution in [-0.4, -0.2) is 34.8 Å². The van der Waals surface area contributed by atoms with Crippen LogP contribution in [0.1, 0.15) is 11.1 Å². The molecule has 1 aliphatic rings. The molecule has 2 aromatic carbocycles. The van der Waals surface area contributed by atoms with Crippen molar-refractivity contribution in [1.82, 2.24) is 0 Å². The van der Waals surface area contributed by atoms with E-state index in [9.17, 15) is 21.6 Å². The van der Waals surface area contributed by atoms with Gasteiger partial charge in [0.25, 0.3) is 0 Å². The van der Waals surface area contributed by atoms with E-state index < -0.39 is 33.3 Å². The normalized spacial score (nSPS) is 16.8. The van der Waals surface area contributed by atoms with E-state index in [1.807, 2.05) is 0 Å². The molecule has 146 valence electrons. The second-order valence-electron chi connectivity index (χ2n) is 6.12. The molecule has 1 heterocycles. The third kappa shape index (κ3) is 4.72.